The van der Waals surface area contributed by atoms with Gasteiger partial charge in [-0.2, -0.15) is 0 Å². The van der Waals surface area contributed by atoms with Gasteiger partial charge >= 0.3 is 0 Å². The number of Topliss-reactive ketones (excluding diaryl/α,β-unsaturated/α-hetero) is 2. The van der Waals surface area contributed by atoms with Crippen molar-refractivity contribution in [2.75, 3.05) is 7.11 Å². The minimum Gasteiger partial charge on any atom is -0.496 e. The Kier molecular flexibility index (Phi) is 3.61. The van der Waals surface area contributed by atoms with Gasteiger partial charge in [-0.05, 0) is 24.1 Å². The summed E-state index contributed by atoms with van der Waals surface area (Å²) in [5, 5.41) is 0. The van der Waals surface area contributed by atoms with E-state index in [1.807, 2.05) is 13.0 Å². The number of methoxy groups -OCH3 is 1. The van der Waals surface area contributed by atoms with Crippen LogP contribution >= 0.6 is 0 Å². The second-order valence-electron chi connectivity index (χ2n) is 3.27. The molecule has 0 aliphatic rings. The number of hydrogen-bond acceptors (Lipinski definition) is 3. The van der Waals surface area contributed by atoms with Crippen LogP contribution in [-0.2, 0) is 11.2 Å². The molecule has 0 spiro atoms. The maximum Gasteiger partial charge on any atom is 0.231 e. The summed E-state index contributed by atoms with van der Waals surface area (Å²) in [6.07, 6.45) is 0.822. The Balaban J connectivity index is 3.23. The molecule has 1 aromatic rings. The normalized spacial score (nSPS) is 9.80. The van der Waals surface area contributed by atoms with Crippen molar-refractivity contribution in [1.82, 2.24) is 0 Å². The minimum absolute atomic E-state index is 0.351. The second-order valence-corrected chi connectivity index (χ2v) is 3.27. The number of ketones is 2. The Morgan fingerprint density at radius 1 is 1.33 bits per heavy atom. The lowest BCUT2D eigenvalue weighted by Gasteiger charge is -2.07. The predicted octanol–water partition coefficient (Wildman–Crippen LogP) is 2.03. The van der Waals surface area contributed by atoms with Gasteiger partial charge < -0.3 is 4.74 Å². The quantitative estimate of drug-likeness (QED) is 0.559. The Bertz CT molecular complexity index is 394. The van der Waals surface area contributed by atoms with E-state index in [-0.39, 0.29) is 0 Å². The second kappa shape index (κ2) is 4.73. The number of carbonyl (C=O) groups is 2. The molecule has 0 aromatic heterocycles. The van der Waals surface area contributed by atoms with Gasteiger partial charge in [0.05, 0.1) is 12.7 Å². The molecule has 0 fully saturated rings. The first kappa shape index (κ1) is 11.4. The summed E-state index contributed by atoms with van der Waals surface area (Å²) in [7, 11) is 1.48. The Morgan fingerprint density at radius 3 is 2.47 bits per heavy atom. The van der Waals surface area contributed by atoms with Crippen LogP contribution in [0.3, 0.4) is 0 Å². The van der Waals surface area contributed by atoms with E-state index in [0.29, 0.717) is 11.3 Å². The van der Waals surface area contributed by atoms with Crippen molar-refractivity contribution in [3.05, 3.63) is 29.3 Å². The molecule has 0 saturated carbocycles. The first-order valence-electron chi connectivity index (χ1n) is 4.82. The van der Waals surface area contributed by atoms with Gasteiger partial charge in [0.15, 0.2) is 5.78 Å². The molecule has 0 saturated heterocycles. The number of hydrogen-bond donors (Lipinski definition) is 0. The van der Waals surface area contributed by atoms with Crippen molar-refractivity contribution in [1.29, 1.82) is 0 Å². The van der Waals surface area contributed by atoms with Gasteiger partial charge in [-0.25, -0.2) is 0 Å². The highest BCUT2D eigenvalue weighted by molar-refractivity contribution is 6.43. The average Bonchev–Trinajstić information content (AvgIpc) is 2.27. The molecule has 1 rings (SSSR count). The Labute approximate surface area is 89.1 Å². The van der Waals surface area contributed by atoms with Crippen LogP contribution < -0.4 is 4.74 Å². The number of rotatable bonds is 4. The molecule has 0 N–H and O–H groups in total. The highest BCUT2D eigenvalue weighted by atomic mass is 16.5. The van der Waals surface area contributed by atoms with E-state index in [9.17, 15) is 9.59 Å². The van der Waals surface area contributed by atoms with Crippen LogP contribution in [0.1, 0.15) is 29.8 Å². The molecule has 0 unspecified atom stereocenters. The minimum atomic E-state index is -0.498. The van der Waals surface area contributed by atoms with Gasteiger partial charge in [0.2, 0.25) is 5.78 Å². The summed E-state index contributed by atoms with van der Waals surface area (Å²) in [5.41, 5.74) is 1.37. The van der Waals surface area contributed by atoms with E-state index in [1.165, 1.54) is 14.0 Å². The van der Waals surface area contributed by atoms with Gasteiger partial charge in [-0.3, -0.25) is 9.59 Å². The van der Waals surface area contributed by atoms with Gasteiger partial charge in [0, 0.05) is 6.92 Å². The predicted molar refractivity (Wildman–Crippen MR) is 57.4 cm³/mol. The lowest BCUT2D eigenvalue weighted by molar-refractivity contribution is -0.113. The lowest BCUT2D eigenvalue weighted by atomic mass is 10.0. The summed E-state index contributed by atoms with van der Waals surface area (Å²) >= 11 is 0. The smallest absolute Gasteiger partial charge is 0.231 e. The number of carbonyl (C=O) groups excluding carboxylic acids is 2. The zero-order valence-corrected chi connectivity index (χ0v) is 9.16. The molecule has 0 aliphatic heterocycles. The molecule has 3 heteroatoms. The monoisotopic (exact) mass is 206 g/mol. The van der Waals surface area contributed by atoms with Crippen molar-refractivity contribution < 1.29 is 14.3 Å². The standard InChI is InChI=1S/C12H14O3/c1-4-9-5-6-11(15-3)10(7-9)12(14)8(2)13/h5-7H,4H2,1-3H3. The van der Waals surface area contributed by atoms with E-state index in [4.69, 9.17) is 4.74 Å². The zero-order chi connectivity index (χ0) is 11.4. The summed E-state index contributed by atoms with van der Waals surface area (Å²) in [5.74, 6) is -0.517. The SMILES string of the molecule is CCc1ccc(OC)c(C(=O)C(C)=O)c1. The molecule has 1 aromatic carbocycles. The lowest BCUT2D eigenvalue weighted by Crippen LogP contribution is -2.11. The highest BCUT2D eigenvalue weighted by Crippen LogP contribution is 2.21. The molecular weight excluding hydrogens is 192 g/mol. The van der Waals surface area contributed by atoms with Gasteiger partial charge in [0.25, 0.3) is 0 Å². The number of benzene rings is 1. The van der Waals surface area contributed by atoms with Crippen LogP contribution in [0.2, 0.25) is 0 Å². The van der Waals surface area contributed by atoms with Gasteiger partial charge in [0.1, 0.15) is 5.75 Å². The topological polar surface area (TPSA) is 43.4 Å². The van der Waals surface area contributed by atoms with Gasteiger partial charge in [-0.15, -0.1) is 0 Å². The summed E-state index contributed by atoms with van der Waals surface area (Å²) < 4.78 is 5.04. The van der Waals surface area contributed by atoms with Crippen molar-refractivity contribution in [3.63, 3.8) is 0 Å². The fraction of sp³-hybridized carbons (Fsp3) is 0.333. The van der Waals surface area contributed by atoms with E-state index in [1.54, 1.807) is 12.1 Å². The fourth-order valence-corrected chi connectivity index (χ4v) is 1.34. The van der Waals surface area contributed by atoms with Crippen LogP contribution in [0.5, 0.6) is 5.75 Å². The highest BCUT2D eigenvalue weighted by Gasteiger charge is 2.16. The molecule has 0 atom stereocenters. The molecule has 15 heavy (non-hydrogen) atoms. The van der Waals surface area contributed by atoms with Crippen molar-refractivity contribution >= 4 is 11.6 Å². The summed E-state index contributed by atoms with van der Waals surface area (Å²) in [6.45, 7) is 3.25. The van der Waals surface area contributed by atoms with Crippen molar-refractivity contribution in [2.24, 2.45) is 0 Å². The van der Waals surface area contributed by atoms with Crippen molar-refractivity contribution in [2.45, 2.75) is 20.3 Å². The molecule has 0 aliphatic carbocycles. The largest absolute Gasteiger partial charge is 0.496 e. The maximum atomic E-state index is 11.6. The number of ether oxygens (including phenoxy) is 1. The van der Waals surface area contributed by atoms with Gasteiger partial charge in [-0.1, -0.05) is 13.0 Å². The number of aryl methyl sites for hydroxylation is 1. The molecule has 0 radical (unpaired) electrons. The third-order valence-electron chi connectivity index (χ3n) is 2.24. The third kappa shape index (κ3) is 2.43. The Morgan fingerprint density at radius 2 is 2.00 bits per heavy atom. The van der Waals surface area contributed by atoms with E-state index < -0.39 is 11.6 Å². The Hall–Kier alpha value is -1.64. The summed E-state index contributed by atoms with van der Waals surface area (Å²) in [4.78, 5) is 22.6. The van der Waals surface area contributed by atoms with Crippen LogP contribution in [0, 0.1) is 0 Å². The molecule has 0 heterocycles. The summed E-state index contributed by atoms with van der Waals surface area (Å²) in [6, 6.07) is 5.31. The molecule has 3 nitrogen and oxygen atoms in total. The molecule has 0 bridgehead atoms. The average molecular weight is 206 g/mol. The van der Waals surface area contributed by atoms with E-state index in [2.05, 4.69) is 0 Å². The fourth-order valence-electron chi connectivity index (χ4n) is 1.34. The van der Waals surface area contributed by atoms with E-state index >= 15 is 0 Å². The molecule has 80 valence electrons. The first-order valence-corrected chi connectivity index (χ1v) is 4.82. The first-order chi connectivity index (χ1) is 7.10. The zero-order valence-electron chi connectivity index (χ0n) is 9.16. The maximum absolute atomic E-state index is 11.6. The molecular formula is C12H14O3. The molecule has 0 amide bonds. The van der Waals surface area contributed by atoms with Crippen LogP contribution in [-0.4, -0.2) is 18.7 Å². The third-order valence-corrected chi connectivity index (χ3v) is 2.24. The van der Waals surface area contributed by atoms with E-state index in [0.717, 1.165) is 12.0 Å². The van der Waals surface area contributed by atoms with Crippen LogP contribution in [0.15, 0.2) is 18.2 Å². The van der Waals surface area contributed by atoms with Crippen LogP contribution in [0.25, 0.3) is 0 Å². The van der Waals surface area contributed by atoms with Crippen molar-refractivity contribution in [3.8, 4) is 5.75 Å². The van der Waals surface area contributed by atoms with Crippen LogP contribution in [0.4, 0.5) is 0 Å².